The van der Waals surface area contributed by atoms with Gasteiger partial charge in [-0.15, -0.1) is 0 Å². The van der Waals surface area contributed by atoms with Crippen LogP contribution < -0.4 is 5.48 Å². The van der Waals surface area contributed by atoms with Gasteiger partial charge in [-0.05, 0) is 17.7 Å². The monoisotopic (exact) mass is 198 g/mol. The lowest BCUT2D eigenvalue weighted by Gasteiger charge is -2.03. The zero-order valence-electron chi connectivity index (χ0n) is 7.18. The molecule has 1 aromatic rings. The molecule has 0 spiro atoms. The smallest absolute Gasteiger partial charge is 0.169 e. The Kier molecular flexibility index (Phi) is 3.14. The molecule has 0 heterocycles. The van der Waals surface area contributed by atoms with Crippen molar-refractivity contribution in [2.75, 3.05) is 0 Å². The molecule has 0 saturated carbocycles. The minimum atomic E-state index is -0.102. The van der Waals surface area contributed by atoms with E-state index in [1.54, 1.807) is 5.48 Å². The van der Waals surface area contributed by atoms with Crippen LogP contribution in [-0.4, -0.2) is 26.5 Å². The van der Waals surface area contributed by atoms with Crippen LogP contribution in [0.15, 0.2) is 23.4 Å². The predicted octanol–water partition coefficient (Wildman–Crippen LogP) is 0.407. The Morgan fingerprint density at radius 3 is 2.21 bits per heavy atom. The van der Waals surface area contributed by atoms with Gasteiger partial charge in [0, 0.05) is 12.5 Å². The zero-order valence-corrected chi connectivity index (χ0v) is 7.18. The van der Waals surface area contributed by atoms with Crippen molar-refractivity contribution in [3.63, 3.8) is 0 Å². The number of phenolic OH excluding ortho intramolecular Hbond substituents is 2. The summed E-state index contributed by atoms with van der Waals surface area (Å²) in [5.41, 5.74) is 2.17. The number of hydrogen-bond donors (Lipinski definition) is 5. The van der Waals surface area contributed by atoms with Crippen LogP contribution in [0.3, 0.4) is 0 Å². The molecular weight excluding hydrogens is 188 g/mol. The molecule has 6 nitrogen and oxygen atoms in total. The maximum Gasteiger partial charge on any atom is 0.169 e. The van der Waals surface area contributed by atoms with Crippen LogP contribution in [0.25, 0.3) is 0 Å². The number of amidine groups is 1. The molecule has 0 bridgehead atoms. The van der Waals surface area contributed by atoms with Crippen molar-refractivity contribution >= 4 is 5.84 Å². The van der Waals surface area contributed by atoms with Gasteiger partial charge in [0.25, 0.3) is 0 Å². The van der Waals surface area contributed by atoms with Crippen molar-refractivity contribution in [2.45, 2.75) is 6.42 Å². The summed E-state index contributed by atoms with van der Waals surface area (Å²) >= 11 is 0. The zero-order chi connectivity index (χ0) is 10.6. The molecule has 14 heavy (non-hydrogen) atoms. The SMILES string of the molecule is ON=C(Cc1cc(O)cc(O)c1)NO. The van der Waals surface area contributed by atoms with Crippen molar-refractivity contribution in [1.82, 2.24) is 5.48 Å². The average molecular weight is 198 g/mol. The van der Waals surface area contributed by atoms with Crippen LogP contribution in [0.4, 0.5) is 0 Å². The minimum absolute atomic E-state index is 0.0644. The quantitative estimate of drug-likeness (QED) is 0.205. The fourth-order valence-corrected chi connectivity index (χ4v) is 1.05. The van der Waals surface area contributed by atoms with E-state index < -0.39 is 0 Å². The lowest BCUT2D eigenvalue weighted by molar-refractivity contribution is 0.220. The number of aromatic hydroxyl groups is 2. The average Bonchev–Trinajstić information content (AvgIpc) is 2.12. The first kappa shape index (κ1) is 10.1. The summed E-state index contributed by atoms with van der Waals surface area (Å²) in [5.74, 6) is -0.291. The molecule has 0 aliphatic rings. The van der Waals surface area contributed by atoms with Crippen molar-refractivity contribution in [2.24, 2.45) is 5.16 Å². The first-order chi connectivity index (χ1) is 6.65. The summed E-state index contributed by atoms with van der Waals surface area (Å²) in [4.78, 5) is 0. The van der Waals surface area contributed by atoms with Crippen LogP contribution in [0, 0.1) is 0 Å². The highest BCUT2D eigenvalue weighted by Crippen LogP contribution is 2.20. The second kappa shape index (κ2) is 4.33. The Labute approximate surface area is 79.7 Å². The van der Waals surface area contributed by atoms with E-state index in [1.807, 2.05) is 0 Å². The molecule has 0 amide bonds. The van der Waals surface area contributed by atoms with Crippen molar-refractivity contribution in [3.8, 4) is 11.5 Å². The van der Waals surface area contributed by atoms with Gasteiger partial charge in [0.1, 0.15) is 11.5 Å². The standard InChI is InChI=1S/C8H10N2O4/c11-6-1-5(2-7(12)4-6)3-8(9-13)10-14/h1-2,4,11-14H,3H2,(H,9,10). The molecule has 0 aliphatic carbocycles. The third-order valence-corrected chi connectivity index (χ3v) is 1.58. The maximum absolute atomic E-state index is 9.11. The summed E-state index contributed by atoms with van der Waals surface area (Å²) in [6, 6.07) is 3.93. The highest BCUT2D eigenvalue weighted by Gasteiger charge is 2.03. The topological polar surface area (TPSA) is 105 Å². The van der Waals surface area contributed by atoms with Crippen LogP contribution >= 0.6 is 0 Å². The van der Waals surface area contributed by atoms with E-state index in [-0.39, 0.29) is 23.8 Å². The molecule has 0 fully saturated rings. The predicted molar refractivity (Wildman–Crippen MR) is 47.6 cm³/mol. The summed E-state index contributed by atoms with van der Waals surface area (Å²) in [7, 11) is 0. The van der Waals surface area contributed by atoms with Gasteiger partial charge < -0.3 is 15.4 Å². The van der Waals surface area contributed by atoms with E-state index in [1.165, 1.54) is 18.2 Å². The maximum atomic E-state index is 9.11. The van der Waals surface area contributed by atoms with Gasteiger partial charge >= 0.3 is 0 Å². The van der Waals surface area contributed by atoms with Crippen LogP contribution in [-0.2, 0) is 6.42 Å². The fourth-order valence-electron chi connectivity index (χ4n) is 1.05. The summed E-state index contributed by atoms with van der Waals surface area (Å²) in [6.45, 7) is 0. The van der Waals surface area contributed by atoms with E-state index >= 15 is 0 Å². The molecule has 0 radical (unpaired) electrons. The molecule has 76 valence electrons. The number of oxime groups is 1. The number of rotatable bonds is 2. The number of hydroxylamine groups is 1. The highest BCUT2D eigenvalue weighted by atomic mass is 16.5. The molecular formula is C8H10N2O4. The molecule has 0 aliphatic heterocycles. The van der Waals surface area contributed by atoms with Gasteiger partial charge in [-0.3, -0.25) is 10.7 Å². The first-order valence-corrected chi connectivity index (χ1v) is 3.78. The van der Waals surface area contributed by atoms with Crippen LogP contribution in [0.5, 0.6) is 11.5 Å². The minimum Gasteiger partial charge on any atom is -0.508 e. The molecule has 0 unspecified atom stereocenters. The number of hydrogen-bond acceptors (Lipinski definition) is 5. The van der Waals surface area contributed by atoms with Gasteiger partial charge in [0.15, 0.2) is 5.84 Å². The molecule has 0 saturated heterocycles. The van der Waals surface area contributed by atoms with E-state index in [4.69, 9.17) is 20.6 Å². The third kappa shape index (κ3) is 2.53. The number of benzene rings is 1. The Balaban J connectivity index is 2.86. The van der Waals surface area contributed by atoms with Crippen molar-refractivity contribution in [1.29, 1.82) is 0 Å². The Morgan fingerprint density at radius 1 is 1.21 bits per heavy atom. The lowest BCUT2D eigenvalue weighted by atomic mass is 10.1. The Morgan fingerprint density at radius 2 is 1.79 bits per heavy atom. The van der Waals surface area contributed by atoms with E-state index in [9.17, 15) is 0 Å². The van der Waals surface area contributed by atoms with E-state index in [2.05, 4.69) is 5.16 Å². The first-order valence-electron chi connectivity index (χ1n) is 3.78. The lowest BCUT2D eigenvalue weighted by Crippen LogP contribution is -2.21. The molecule has 0 aromatic heterocycles. The van der Waals surface area contributed by atoms with Gasteiger partial charge in [-0.25, -0.2) is 0 Å². The number of nitrogens with zero attached hydrogens (tertiary/aromatic N) is 1. The fraction of sp³-hybridized carbons (Fsp3) is 0.125. The van der Waals surface area contributed by atoms with Crippen molar-refractivity contribution < 1.29 is 20.6 Å². The highest BCUT2D eigenvalue weighted by molar-refractivity contribution is 5.82. The number of nitrogens with one attached hydrogen (secondary N) is 1. The number of phenols is 2. The Bertz CT molecular complexity index is 331. The van der Waals surface area contributed by atoms with E-state index in [0.29, 0.717) is 5.56 Å². The molecule has 6 heteroatoms. The van der Waals surface area contributed by atoms with Crippen molar-refractivity contribution in [3.05, 3.63) is 23.8 Å². The summed E-state index contributed by atoms with van der Waals surface area (Å²) in [5, 5.41) is 37.8. The van der Waals surface area contributed by atoms with Gasteiger partial charge in [-0.2, -0.15) is 0 Å². The normalized spacial score (nSPS) is 11.4. The van der Waals surface area contributed by atoms with Gasteiger partial charge in [0.2, 0.25) is 0 Å². The second-order valence-electron chi connectivity index (χ2n) is 2.69. The van der Waals surface area contributed by atoms with Crippen LogP contribution in [0.2, 0.25) is 0 Å². The summed E-state index contributed by atoms with van der Waals surface area (Å²) in [6.07, 6.45) is 0.0644. The molecule has 1 rings (SSSR count). The largest absolute Gasteiger partial charge is 0.508 e. The Hall–Kier alpha value is -1.95. The van der Waals surface area contributed by atoms with E-state index in [0.717, 1.165) is 0 Å². The molecule has 0 atom stereocenters. The van der Waals surface area contributed by atoms with Crippen LogP contribution in [0.1, 0.15) is 5.56 Å². The van der Waals surface area contributed by atoms with Gasteiger partial charge in [0.05, 0.1) is 0 Å². The van der Waals surface area contributed by atoms with Gasteiger partial charge in [-0.1, -0.05) is 5.16 Å². The summed E-state index contributed by atoms with van der Waals surface area (Å²) < 4.78 is 0. The molecule has 5 N–H and O–H groups in total. The third-order valence-electron chi connectivity index (χ3n) is 1.58. The second-order valence-corrected chi connectivity index (χ2v) is 2.69. The molecule has 1 aromatic carbocycles.